The van der Waals surface area contributed by atoms with E-state index in [-0.39, 0.29) is 5.76 Å². The molecule has 4 heteroatoms. The number of aldehydes is 1. The minimum atomic E-state index is 0.0847. The second-order valence-electron chi connectivity index (χ2n) is 2.75. The van der Waals surface area contributed by atoms with E-state index in [0.717, 1.165) is 6.29 Å². The van der Waals surface area contributed by atoms with Crippen molar-refractivity contribution in [2.24, 2.45) is 0 Å². The van der Waals surface area contributed by atoms with Gasteiger partial charge in [-0.3, -0.25) is 0 Å². The number of rotatable bonds is 6. The molecule has 0 fully saturated rings. The van der Waals surface area contributed by atoms with Gasteiger partial charge in [0.1, 0.15) is 6.29 Å². The van der Waals surface area contributed by atoms with E-state index in [1.807, 2.05) is 6.07 Å². The lowest BCUT2D eigenvalue weighted by atomic mass is 10.2. The van der Waals surface area contributed by atoms with Gasteiger partial charge < -0.3 is 9.63 Å². The molecule has 0 heterocycles. The normalized spacial score (nSPS) is 9.07. The number of hydrogen-bond donors (Lipinski definition) is 1. The van der Waals surface area contributed by atoms with Crippen LogP contribution in [-0.2, 0) is 14.4 Å². The van der Waals surface area contributed by atoms with Crippen LogP contribution in [0.2, 0.25) is 0 Å². The van der Waals surface area contributed by atoms with Crippen LogP contribution in [0.3, 0.4) is 0 Å². The Labute approximate surface area is 87.5 Å². The molecule has 0 saturated carbocycles. The van der Waals surface area contributed by atoms with Crippen molar-refractivity contribution in [3.8, 4) is 0 Å². The third-order valence-corrected chi connectivity index (χ3v) is 1.67. The van der Waals surface area contributed by atoms with Gasteiger partial charge in [-0.2, -0.15) is 5.48 Å². The van der Waals surface area contributed by atoms with E-state index in [4.69, 9.17) is 4.84 Å². The van der Waals surface area contributed by atoms with Gasteiger partial charge in [-0.25, -0.2) is 4.79 Å². The van der Waals surface area contributed by atoms with Crippen LogP contribution < -0.4 is 5.48 Å². The predicted molar refractivity (Wildman–Crippen MR) is 55.3 cm³/mol. The van der Waals surface area contributed by atoms with E-state index >= 15 is 0 Å². The first-order valence-electron chi connectivity index (χ1n) is 4.52. The average molecular weight is 205 g/mol. The summed E-state index contributed by atoms with van der Waals surface area (Å²) in [5, 5.41) is 0. The average Bonchev–Trinajstić information content (AvgIpc) is 2.30. The summed E-state index contributed by atoms with van der Waals surface area (Å²) in [6.45, 7) is 0.363. The molecule has 0 unspecified atom stereocenters. The summed E-state index contributed by atoms with van der Waals surface area (Å²) in [5.41, 5.74) is 3.15. The van der Waals surface area contributed by atoms with Crippen LogP contribution >= 0.6 is 0 Å². The molecule has 1 aromatic carbocycles. The molecule has 0 saturated heterocycles. The van der Waals surface area contributed by atoms with Crippen molar-refractivity contribution in [2.45, 2.75) is 6.42 Å². The summed E-state index contributed by atoms with van der Waals surface area (Å²) < 4.78 is 0. The van der Waals surface area contributed by atoms with Crippen molar-refractivity contribution < 1.29 is 14.4 Å². The molecule has 1 aromatic rings. The highest BCUT2D eigenvalue weighted by Crippen LogP contribution is 2.10. The fourth-order valence-corrected chi connectivity index (χ4v) is 0.969. The van der Waals surface area contributed by atoms with Gasteiger partial charge in [0.25, 0.3) is 0 Å². The fraction of sp³-hybridized carbons (Fsp3) is 0.182. The smallest absolute Gasteiger partial charge is 0.237 e. The molecule has 0 radical (unpaired) electrons. The number of carbonyl (C=O) groups is 1. The zero-order valence-electron chi connectivity index (χ0n) is 8.10. The highest BCUT2D eigenvalue weighted by atomic mass is 16.6. The van der Waals surface area contributed by atoms with Crippen LogP contribution in [0.4, 0.5) is 0 Å². The van der Waals surface area contributed by atoms with Crippen molar-refractivity contribution in [3.63, 3.8) is 0 Å². The van der Waals surface area contributed by atoms with Crippen molar-refractivity contribution >= 4 is 18.0 Å². The number of nitrogens with one attached hydrogen (secondary N) is 1. The van der Waals surface area contributed by atoms with E-state index in [2.05, 4.69) is 5.48 Å². The first kappa shape index (κ1) is 11.2. The Balaban J connectivity index is 2.51. The number of hydrogen-bond acceptors (Lipinski definition) is 4. The number of hydroxylamine groups is 1. The second kappa shape index (κ2) is 6.54. The Morgan fingerprint density at radius 1 is 1.40 bits per heavy atom. The molecule has 0 aliphatic carbocycles. The lowest BCUT2D eigenvalue weighted by molar-refractivity contribution is -0.108. The van der Waals surface area contributed by atoms with Crippen LogP contribution in [0.1, 0.15) is 12.0 Å². The van der Waals surface area contributed by atoms with Crippen molar-refractivity contribution in [1.82, 2.24) is 5.48 Å². The summed E-state index contributed by atoms with van der Waals surface area (Å²) in [4.78, 5) is 25.5. The molecule has 0 aliphatic heterocycles. The molecule has 78 valence electrons. The first-order valence-corrected chi connectivity index (χ1v) is 4.52. The topological polar surface area (TPSA) is 55.4 Å². The zero-order chi connectivity index (χ0) is 10.9. The van der Waals surface area contributed by atoms with E-state index in [9.17, 15) is 9.59 Å². The standard InChI is InChI=1S/C11H11NO3/c13-8-4-7-12-15-11(9-14)10-5-2-1-3-6-10/h1-3,5-6,8,12H,4,7H2. The molecule has 0 aliphatic rings. The molecule has 0 atom stereocenters. The van der Waals surface area contributed by atoms with Crippen LogP contribution in [0.5, 0.6) is 0 Å². The molecule has 4 nitrogen and oxygen atoms in total. The summed E-state index contributed by atoms with van der Waals surface area (Å²) in [6, 6.07) is 8.90. The molecular formula is C11H11NO3. The van der Waals surface area contributed by atoms with E-state index in [1.165, 1.54) is 0 Å². The van der Waals surface area contributed by atoms with Gasteiger partial charge >= 0.3 is 0 Å². The molecule has 15 heavy (non-hydrogen) atoms. The van der Waals surface area contributed by atoms with E-state index in [0.29, 0.717) is 18.5 Å². The van der Waals surface area contributed by atoms with Crippen LogP contribution in [0.15, 0.2) is 30.3 Å². The van der Waals surface area contributed by atoms with Crippen LogP contribution in [0, 0.1) is 0 Å². The zero-order valence-corrected chi connectivity index (χ0v) is 8.10. The summed E-state index contributed by atoms with van der Waals surface area (Å²) in [6.07, 6.45) is 1.10. The maximum atomic E-state index is 10.6. The molecule has 1 rings (SSSR count). The Morgan fingerprint density at radius 3 is 2.73 bits per heavy atom. The SMILES string of the molecule is O=C=C(ONCCC=O)c1ccccc1. The summed E-state index contributed by atoms with van der Waals surface area (Å²) >= 11 is 0. The van der Waals surface area contributed by atoms with Gasteiger partial charge in [-0.1, -0.05) is 30.3 Å². The fourth-order valence-electron chi connectivity index (χ4n) is 0.969. The monoisotopic (exact) mass is 205 g/mol. The first-order chi connectivity index (χ1) is 7.38. The highest BCUT2D eigenvalue weighted by molar-refractivity contribution is 5.82. The summed E-state index contributed by atoms with van der Waals surface area (Å²) in [5.74, 6) is 1.77. The molecule has 0 spiro atoms. The minimum Gasteiger partial charge on any atom is -0.396 e. The van der Waals surface area contributed by atoms with Crippen LogP contribution in [0.25, 0.3) is 5.76 Å². The highest BCUT2D eigenvalue weighted by Gasteiger charge is 2.02. The Hall–Kier alpha value is -1.90. The maximum Gasteiger partial charge on any atom is 0.237 e. The molecule has 0 bridgehead atoms. The number of benzene rings is 1. The molecule has 1 N–H and O–H groups in total. The quantitative estimate of drug-likeness (QED) is 0.247. The van der Waals surface area contributed by atoms with Crippen molar-refractivity contribution in [1.29, 1.82) is 0 Å². The van der Waals surface area contributed by atoms with Crippen molar-refractivity contribution in [3.05, 3.63) is 35.9 Å². The van der Waals surface area contributed by atoms with Gasteiger partial charge in [0, 0.05) is 18.5 Å². The van der Waals surface area contributed by atoms with Crippen molar-refractivity contribution in [2.75, 3.05) is 6.54 Å². The lowest BCUT2D eigenvalue weighted by Gasteiger charge is -2.05. The minimum absolute atomic E-state index is 0.0847. The molecular weight excluding hydrogens is 194 g/mol. The molecule has 0 aromatic heterocycles. The van der Waals surface area contributed by atoms with Gasteiger partial charge in [-0.05, 0) is 0 Å². The predicted octanol–water partition coefficient (Wildman–Crippen LogP) is 0.969. The Bertz CT molecular complexity index is 355. The van der Waals surface area contributed by atoms with Gasteiger partial charge in [-0.15, -0.1) is 0 Å². The Morgan fingerprint density at radius 2 is 2.13 bits per heavy atom. The third-order valence-electron chi connectivity index (χ3n) is 1.67. The Kier molecular flexibility index (Phi) is 4.87. The van der Waals surface area contributed by atoms with E-state index in [1.54, 1.807) is 30.2 Å². The van der Waals surface area contributed by atoms with E-state index < -0.39 is 0 Å². The second-order valence-corrected chi connectivity index (χ2v) is 2.75. The summed E-state index contributed by atoms with van der Waals surface area (Å²) in [7, 11) is 0. The number of carbonyl (C=O) groups excluding carboxylic acids is 2. The van der Waals surface area contributed by atoms with Crippen LogP contribution in [-0.4, -0.2) is 18.8 Å². The largest absolute Gasteiger partial charge is 0.396 e. The van der Waals surface area contributed by atoms with Gasteiger partial charge in [0.15, 0.2) is 5.94 Å². The molecule has 0 amide bonds. The lowest BCUT2D eigenvalue weighted by Crippen LogP contribution is -2.15. The van der Waals surface area contributed by atoms with Gasteiger partial charge in [0.2, 0.25) is 5.76 Å². The van der Waals surface area contributed by atoms with Gasteiger partial charge in [0.05, 0.1) is 0 Å². The third kappa shape index (κ3) is 3.77. The maximum absolute atomic E-state index is 10.6.